The highest BCUT2D eigenvalue weighted by Gasteiger charge is 2.43. The Morgan fingerprint density at radius 1 is 1.22 bits per heavy atom. The van der Waals surface area contributed by atoms with Gasteiger partial charge >= 0.3 is 0 Å². The number of aromatic nitrogens is 3. The Bertz CT molecular complexity index is 1040. The van der Waals surface area contributed by atoms with Crippen LogP contribution in [0.1, 0.15) is 28.8 Å². The van der Waals surface area contributed by atoms with Crippen molar-refractivity contribution in [3.63, 3.8) is 0 Å². The predicted molar refractivity (Wildman–Crippen MR) is 96.4 cm³/mol. The van der Waals surface area contributed by atoms with Crippen LogP contribution in [0.5, 0.6) is 0 Å². The molecule has 1 aliphatic carbocycles. The maximum absolute atomic E-state index is 13.9. The van der Waals surface area contributed by atoms with Crippen LogP contribution in [0.4, 0.5) is 14.7 Å². The van der Waals surface area contributed by atoms with Crippen molar-refractivity contribution >= 4 is 23.1 Å². The van der Waals surface area contributed by atoms with E-state index in [1.54, 1.807) is 11.3 Å². The number of hydrogen-bond donors (Lipinski definition) is 1. The van der Waals surface area contributed by atoms with E-state index in [0.29, 0.717) is 23.6 Å². The third kappa shape index (κ3) is 2.68. The maximum atomic E-state index is 13.9. The zero-order valence-corrected chi connectivity index (χ0v) is 14.8. The normalized spacial score (nSPS) is 24.0. The molecule has 2 aliphatic rings. The molecule has 2 aromatic heterocycles. The first kappa shape index (κ1) is 16.3. The van der Waals surface area contributed by atoms with Crippen molar-refractivity contribution in [2.45, 2.75) is 18.4 Å². The number of thiophene rings is 1. The molecule has 1 aliphatic heterocycles. The van der Waals surface area contributed by atoms with Gasteiger partial charge in [-0.1, -0.05) is 12.1 Å². The minimum Gasteiger partial charge on any atom is -0.328 e. The standard InChI is InChI=1S/C19H14F2N4OS/c20-12-4-11(5-13(21)8-12)18-17-14(24-19-22-9-23-25(18)19)6-10(7-15(17)26)16-2-1-3-27-16/h1-6,8-10,17-18H,7H2,(H,22,23,24)/t10-,17-,18-/m0/s1. The number of nitrogens with one attached hydrogen (secondary N) is 1. The van der Waals surface area contributed by atoms with E-state index >= 15 is 0 Å². The van der Waals surface area contributed by atoms with Crippen LogP contribution >= 0.6 is 11.3 Å². The van der Waals surface area contributed by atoms with Crippen molar-refractivity contribution < 1.29 is 13.6 Å². The Hall–Kier alpha value is -2.87. The van der Waals surface area contributed by atoms with Gasteiger partial charge in [0.2, 0.25) is 5.95 Å². The minimum atomic E-state index is -0.685. The number of fused-ring (bicyclic) bond motifs is 2. The second kappa shape index (κ2) is 6.09. The lowest BCUT2D eigenvalue weighted by molar-refractivity contribution is -0.123. The number of Topliss-reactive ketones (excluding diaryl/α,β-unsaturated/α-hetero) is 1. The summed E-state index contributed by atoms with van der Waals surface area (Å²) in [5.41, 5.74) is 1.07. The summed E-state index contributed by atoms with van der Waals surface area (Å²) in [6, 6.07) is 6.64. The maximum Gasteiger partial charge on any atom is 0.226 e. The summed E-state index contributed by atoms with van der Waals surface area (Å²) >= 11 is 1.60. The molecule has 1 N–H and O–H groups in total. The summed E-state index contributed by atoms with van der Waals surface area (Å²) in [5.74, 6) is -1.51. The van der Waals surface area contributed by atoms with Gasteiger partial charge in [0.05, 0.1) is 12.0 Å². The van der Waals surface area contributed by atoms with Crippen molar-refractivity contribution in [2.75, 3.05) is 5.32 Å². The average Bonchev–Trinajstić information content (AvgIpc) is 3.30. The number of rotatable bonds is 2. The number of benzene rings is 1. The molecule has 136 valence electrons. The molecule has 5 rings (SSSR count). The van der Waals surface area contributed by atoms with Gasteiger partial charge in [-0.25, -0.2) is 13.5 Å². The summed E-state index contributed by atoms with van der Waals surface area (Å²) in [7, 11) is 0. The van der Waals surface area contributed by atoms with E-state index in [1.165, 1.54) is 23.1 Å². The molecule has 0 bridgehead atoms. The van der Waals surface area contributed by atoms with Gasteiger partial charge in [0.15, 0.2) is 0 Å². The Morgan fingerprint density at radius 3 is 2.78 bits per heavy atom. The number of carbonyl (C=O) groups is 1. The quantitative estimate of drug-likeness (QED) is 0.728. The number of allylic oxidation sites excluding steroid dienone is 2. The van der Waals surface area contributed by atoms with E-state index in [-0.39, 0.29) is 11.7 Å². The molecule has 0 unspecified atom stereocenters. The van der Waals surface area contributed by atoms with Gasteiger partial charge in [0.1, 0.15) is 23.7 Å². The van der Waals surface area contributed by atoms with Crippen LogP contribution < -0.4 is 5.32 Å². The molecule has 0 spiro atoms. The summed E-state index contributed by atoms with van der Waals surface area (Å²) in [6.45, 7) is 0. The summed E-state index contributed by atoms with van der Waals surface area (Å²) < 4.78 is 29.2. The number of halogens is 2. The topological polar surface area (TPSA) is 59.8 Å². The molecule has 1 aromatic carbocycles. The molecule has 8 heteroatoms. The van der Waals surface area contributed by atoms with Crippen molar-refractivity contribution in [3.05, 3.63) is 75.9 Å². The fourth-order valence-electron chi connectivity index (χ4n) is 3.94. The lowest BCUT2D eigenvalue weighted by Crippen LogP contribution is -2.40. The van der Waals surface area contributed by atoms with Crippen LogP contribution in [0.3, 0.4) is 0 Å². The van der Waals surface area contributed by atoms with Crippen LogP contribution in [0.15, 0.2) is 53.8 Å². The number of nitrogens with zero attached hydrogens (tertiary/aromatic N) is 3. The van der Waals surface area contributed by atoms with E-state index in [2.05, 4.69) is 15.4 Å². The van der Waals surface area contributed by atoms with Gasteiger partial charge < -0.3 is 5.32 Å². The second-order valence-corrected chi connectivity index (χ2v) is 7.67. The first-order valence-electron chi connectivity index (χ1n) is 8.50. The van der Waals surface area contributed by atoms with Crippen LogP contribution in [-0.4, -0.2) is 20.5 Å². The van der Waals surface area contributed by atoms with Gasteiger partial charge in [-0.15, -0.1) is 11.3 Å². The Morgan fingerprint density at radius 2 is 2.04 bits per heavy atom. The van der Waals surface area contributed by atoms with Gasteiger partial charge in [-0.2, -0.15) is 10.1 Å². The summed E-state index contributed by atoms with van der Waals surface area (Å²) in [6.07, 6.45) is 3.73. The molecule has 3 atom stereocenters. The van der Waals surface area contributed by atoms with Crippen LogP contribution in [0.2, 0.25) is 0 Å². The SMILES string of the molecule is O=C1C[C@@H](c2cccs2)C=C2Nc3ncnn3[C@@H](c3cc(F)cc(F)c3)[C@H]12. The van der Waals surface area contributed by atoms with E-state index in [9.17, 15) is 13.6 Å². The summed E-state index contributed by atoms with van der Waals surface area (Å²) in [4.78, 5) is 18.4. The van der Waals surface area contributed by atoms with Gasteiger partial charge in [0, 0.05) is 29.0 Å². The highest BCUT2D eigenvalue weighted by molar-refractivity contribution is 7.10. The molecule has 27 heavy (non-hydrogen) atoms. The number of ketones is 1. The number of hydrogen-bond acceptors (Lipinski definition) is 5. The first-order chi connectivity index (χ1) is 13.1. The Kier molecular flexibility index (Phi) is 3.68. The zero-order chi connectivity index (χ0) is 18.5. The minimum absolute atomic E-state index is 0.00854. The molecule has 0 saturated heterocycles. The fraction of sp³-hybridized carbons (Fsp3) is 0.211. The number of carbonyl (C=O) groups excluding carboxylic acids is 1. The average molecular weight is 384 g/mol. The molecule has 5 nitrogen and oxygen atoms in total. The fourth-order valence-corrected chi connectivity index (χ4v) is 4.74. The molecule has 0 amide bonds. The molecule has 0 saturated carbocycles. The smallest absolute Gasteiger partial charge is 0.226 e. The molecule has 3 aromatic rings. The summed E-state index contributed by atoms with van der Waals surface area (Å²) in [5, 5.41) is 9.35. The Labute approximate surface area is 157 Å². The molecule has 0 radical (unpaired) electrons. The van der Waals surface area contributed by atoms with Crippen LogP contribution in [0.25, 0.3) is 0 Å². The van der Waals surface area contributed by atoms with Crippen molar-refractivity contribution in [1.29, 1.82) is 0 Å². The lowest BCUT2D eigenvalue weighted by Gasteiger charge is -2.37. The van der Waals surface area contributed by atoms with Crippen LogP contribution in [0, 0.1) is 17.6 Å². The largest absolute Gasteiger partial charge is 0.328 e. The van der Waals surface area contributed by atoms with Gasteiger partial charge in [-0.3, -0.25) is 4.79 Å². The molecule has 3 heterocycles. The van der Waals surface area contributed by atoms with Gasteiger partial charge in [-0.05, 0) is 29.1 Å². The van der Waals surface area contributed by atoms with E-state index in [0.717, 1.165) is 10.9 Å². The highest BCUT2D eigenvalue weighted by Crippen LogP contribution is 2.44. The monoisotopic (exact) mass is 384 g/mol. The van der Waals surface area contributed by atoms with E-state index in [1.807, 2.05) is 23.6 Å². The van der Waals surface area contributed by atoms with Gasteiger partial charge in [0.25, 0.3) is 0 Å². The van der Waals surface area contributed by atoms with Crippen LogP contribution in [-0.2, 0) is 4.79 Å². The molecular weight excluding hydrogens is 370 g/mol. The Balaban J connectivity index is 1.65. The highest BCUT2D eigenvalue weighted by atomic mass is 32.1. The zero-order valence-electron chi connectivity index (χ0n) is 14.0. The van der Waals surface area contributed by atoms with E-state index in [4.69, 9.17) is 0 Å². The second-order valence-electron chi connectivity index (χ2n) is 6.69. The van der Waals surface area contributed by atoms with Crippen molar-refractivity contribution in [1.82, 2.24) is 14.8 Å². The first-order valence-corrected chi connectivity index (χ1v) is 9.38. The predicted octanol–water partition coefficient (Wildman–Crippen LogP) is 3.89. The number of anilines is 1. The third-order valence-corrected chi connectivity index (χ3v) is 6.03. The van der Waals surface area contributed by atoms with Crippen molar-refractivity contribution in [3.8, 4) is 0 Å². The molecule has 0 fully saturated rings. The van der Waals surface area contributed by atoms with Crippen molar-refractivity contribution in [2.24, 2.45) is 5.92 Å². The lowest BCUT2D eigenvalue weighted by atomic mass is 9.77. The van der Waals surface area contributed by atoms with E-state index < -0.39 is 23.6 Å². The molecular formula is C19H14F2N4OS. The third-order valence-electron chi connectivity index (χ3n) is 5.03.